The van der Waals surface area contributed by atoms with Crippen molar-refractivity contribution in [2.75, 3.05) is 6.61 Å². The number of hydrogen-bond acceptors (Lipinski definition) is 4. The molecule has 2 heterocycles. The van der Waals surface area contributed by atoms with Gasteiger partial charge in [0.2, 0.25) is 0 Å². The fraction of sp³-hybridized carbons (Fsp3) is 0.429. The molecule has 1 N–H and O–H groups in total. The van der Waals surface area contributed by atoms with Crippen LogP contribution in [0.4, 0.5) is 5.69 Å². The SMILES string of the molecule is O=[N+]([O-])c1cc(Cl)cc2cc(COC3CCCCO3)[nH]c12. The van der Waals surface area contributed by atoms with Gasteiger partial charge in [-0.25, -0.2) is 0 Å². The van der Waals surface area contributed by atoms with Crippen LogP contribution in [0.25, 0.3) is 10.9 Å². The molecule has 1 aromatic carbocycles. The van der Waals surface area contributed by atoms with Crippen LogP contribution in [0.1, 0.15) is 25.0 Å². The molecule has 0 amide bonds. The van der Waals surface area contributed by atoms with Crippen LogP contribution >= 0.6 is 11.6 Å². The molecule has 6 nitrogen and oxygen atoms in total. The molecule has 1 atom stereocenters. The van der Waals surface area contributed by atoms with E-state index in [4.69, 9.17) is 21.1 Å². The number of fused-ring (bicyclic) bond motifs is 1. The van der Waals surface area contributed by atoms with Gasteiger partial charge >= 0.3 is 0 Å². The topological polar surface area (TPSA) is 77.4 Å². The van der Waals surface area contributed by atoms with Gasteiger partial charge in [0, 0.05) is 28.8 Å². The zero-order chi connectivity index (χ0) is 14.8. The van der Waals surface area contributed by atoms with Crippen LogP contribution in [0.2, 0.25) is 5.02 Å². The normalized spacial score (nSPS) is 19.0. The molecule has 21 heavy (non-hydrogen) atoms. The molecule has 2 aromatic rings. The summed E-state index contributed by atoms with van der Waals surface area (Å²) in [6.07, 6.45) is 2.85. The lowest BCUT2D eigenvalue weighted by molar-refractivity contribution is -0.383. The monoisotopic (exact) mass is 310 g/mol. The molecule has 7 heteroatoms. The third-order valence-corrected chi connectivity index (χ3v) is 3.71. The third kappa shape index (κ3) is 3.18. The number of nitro groups is 1. The van der Waals surface area contributed by atoms with Gasteiger partial charge in [-0.2, -0.15) is 0 Å². The van der Waals surface area contributed by atoms with Crippen molar-refractivity contribution in [3.05, 3.63) is 39.0 Å². The minimum Gasteiger partial charge on any atom is -0.353 e. The summed E-state index contributed by atoms with van der Waals surface area (Å²) in [4.78, 5) is 13.6. The Bertz CT molecular complexity index is 664. The maximum Gasteiger partial charge on any atom is 0.294 e. The maximum absolute atomic E-state index is 11.1. The number of H-pyrrole nitrogens is 1. The van der Waals surface area contributed by atoms with Gasteiger partial charge in [0.15, 0.2) is 6.29 Å². The molecular weight excluding hydrogens is 296 g/mol. The van der Waals surface area contributed by atoms with Crippen LogP contribution in [0.3, 0.4) is 0 Å². The molecule has 0 aliphatic carbocycles. The lowest BCUT2D eigenvalue weighted by atomic mass is 10.2. The van der Waals surface area contributed by atoms with E-state index in [2.05, 4.69) is 4.98 Å². The summed E-state index contributed by atoms with van der Waals surface area (Å²) in [5, 5.41) is 12.1. The number of aromatic nitrogens is 1. The van der Waals surface area contributed by atoms with Crippen molar-refractivity contribution in [1.29, 1.82) is 0 Å². The first-order chi connectivity index (χ1) is 10.1. The minimum atomic E-state index is -0.445. The molecule has 0 radical (unpaired) electrons. The molecule has 1 unspecified atom stereocenters. The first kappa shape index (κ1) is 14.3. The van der Waals surface area contributed by atoms with E-state index in [0.717, 1.165) is 31.6 Å². The second-order valence-electron chi connectivity index (χ2n) is 5.05. The Kier molecular flexibility index (Phi) is 4.10. The van der Waals surface area contributed by atoms with Crippen LogP contribution in [0, 0.1) is 10.1 Å². The van der Waals surface area contributed by atoms with E-state index in [-0.39, 0.29) is 12.0 Å². The number of benzene rings is 1. The molecule has 1 aliphatic rings. The van der Waals surface area contributed by atoms with Gasteiger partial charge < -0.3 is 14.5 Å². The highest BCUT2D eigenvalue weighted by molar-refractivity contribution is 6.31. The molecular formula is C14H15ClN2O4. The number of non-ortho nitro benzene ring substituents is 1. The molecule has 3 rings (SSSR count). The Morgan fingerprint density at radius 1 is 1.43 bits per heavy atom. The highest BCUT2D eigenvalue weighted by atomic mass is 35.5. The minimum absolute atomic E-state index is 0.0299. The van der Waals surface area contributed by atoms with Crippen molar-refractivity contribution < 1.29 is 14.4 Å². The third-order valence-electron chi connectivity index (χ3n) is 3.49. The highest BCUT2D eigenvalue weighted by Crippen LogP contribution is 2.30. The summed E-state index contributed by atoms with van der Waals surface area (Å²) in [6, 6.07) is 4.85. The Hall–Kier alpha value is -1.63. The Morgan fingerprint density at radius 2 is 2.29 bits per heavy atom. The van der Waals surface area contributed by atoms with Crippen LogP contribution < -0.4 is 0 Å². The number of hydrogen-bond donors (Lipinski definition) is 1. The van der Waals surface area contributed by atoms with Gasteiger partial charge in [-0.05, 0) is 31.4 Å². The molecule has 1 aliphatic heterocycles. The van der Waals surface area contributed by atoms with Crippen molar-refractivity contribution in [2.45, 2.75) is 32.2 Å². The fourth-order valence-electron chi connectivity index (χ4n) is 2.49. The van der Waals surface area contributed by atoms with Gasteiger partial charge in [0.05, 0.1) is 11.5 Å². The predicted molar refractivity (Wildman–Crippen MR) is 78.3 cm³/mol. The van der Waals surface area contributed by atoms with Crippen LogP contribution in [0.15, 0.2) is 18.2 Å². The van der Waals surface area contributed by atoms with Crippen molar-refractivity contribution in [2.24, 2.45) is 0 Å². The van der Waals surface area contributed by atoms with E-state index in [9.17, 15) is 10.1 Å². The number of halogens is 1. The quantitative estimate of drug-likeness (QED) is 0.688. The zero-order valence-electron chi connectivity index (χ0n) is 11.3. The van der Waals surface area contributed by atoms with E-state index in [1.54, 1.807) is 6.07 Å². The molecule has 0 bridgehead atoms. The van der Waals surface area contributed by atoms with E-state index in [1.165, 1.54) is 6.07 Å². The maximum atomic E-state index is 11.1. The Balaban J connectivity index is 1.80. The molecule has 1 saturated heterocycles. The number of ether oxygens (including phenoxy) is 2. The summed E-state index contributed by atoms with van der Waals surface area (Å²) in [5.74, 6) is 0. The number of nitrogens with zero attached hydrogens (tertiary/aromatic N) is 1. The average Bonchev–Trinajstić information content (AvgIpc) is 2.87. The summed E-state index contributed by atoms with van der Waals surface area (Å²) in [6.45, 7) is 1.05. The summed E-state index contributed by atoms with van der Waals surface area (Å²) in [7, 11) is 0. The van der Waals surface area contributed by atoms with Gasteiger partial charge in [0.25, 0.3) is 5.69 Å². The van der Waals surface area contributed by atoms with Gasteiger partial charge in [-0.1, -0.05) is 11.6 Å². The van der Waals surface area contributed by atoms with E-state index in [1.807, 2.05) is 6.07 Å². The fourth-order valence-corrected chi connectivity index (χ4v) is 2.72. The number of aromatic amines is 1. The second-order valence-corrected chi connectivity index (χ2v) is 5.48. The first-order valence-electron chi connectivity index (χ1n) is 6.82. The lowest BCUT2D eigenvalue weighted by Gasteiger charge is -2.22. The van der Waals surface area contributed by atoms with Gasteiger partial charge in [-0.3, -0.25) is 10.1 Å². The van der Waals surface area contributed by atoms with Crippen LogP contribution in [-0.2, 0) is 16.1 Å². The Labute approximate surface area is 126 Å². The smallest absolute Gasteiger partial charge is 0.294 e. The first-order valence-corrected chi connectivity index (χ1v) is 7.20. The number of rotatable bonds is 4. The number of nitrogens with one attached hydrogen (secondary N) is 1. The van der Waals surface area contributed by atoms with Crippen molar-refractivity contribution >= 4 is 28.2 Å². The summed E-state index contributed by atoms with van der Waals surface area (Å²) < 4.78 is 11.2. The molecule has 1 fully saturated rings. The van der Waals surface area contributed by atoms with Crippen molar-refractivity contribution in [1.82, 2.24) is 4.98 Å². The average molecular weight is 311 g/mol. The second kappa shape index (κ2) is 6.01. The largest absolute Gasteiger partial charge is 0.353 e. The summed E-state index contributed by atoms with van der Waals surface area (Å²) in [5.41, 5.74) is 1.20. The van der Waals surface area contributed by atoms with Gasteiger partial charge in [0.1, 0.15) is 5.52 Å². The lowest BCUT2D eigenvalue weighted by Crippen LogP contribution is -2.22. The summed E-state index contributed by atoms with van der Waals surface area (Å²) >= 11 is 5.91. The standard InChI is InChI=1S/C14H15ClN2O4/c15-10-5-9-6-11(8-21-13-3-1-2-4-20-13)16-14(9)12(7-10)17(18)19/h5-7,13,16H,1-4,8H2. The molecule has 112 valence electrons. The van der Waals surface area contributed by atoms with E-state index in [0.29, 0.717) is 22.5 Å². The molecule has 1 aromatic heterocycles. The van der Waals surface area contributed by atoms with Crippen LogP contribution in [-0.4, -0.2) is 22.8 Å². The number of nitro benzene ring substituents is 1. The molecule has 0 saturated carbocycles. The predicted octanol–water partition coefficient (Wildman–Crippen LogP) is 3.77. The zero-order valence-corrected chi connectivity index (χ0v) is 12.1. The van der Waals surface area contributed by atoms with E-state index < -0.39 is 4.92 Å². The highest BCUT2D eigenvalue weighted by Gasteiger charge is 2.18. The van der Waals surface area contributed by atoms with Crippen molar-refractivity contribution in [3.8, 4) is 0 Å². The van der Waals surface area contributed by atoms with Crippen molar-refractivity contribution in [3.63, 3.8) is 0 Å². The molecule has 0 spiro atoms. The van der Waals surface area contributed by atoms with E-state index >= 15 is 0 Å². The van der Waals surface area contributed by atoms with Gasteiger partial charge in [-0.15, -0.1) is 0 Å². The Morgan fingerprint density at radius 3 is 3.00 bits per heavy atom. The van der Waals surface area contributed by atoms with Crippen LogP contribution in [0.5, 0.6) is 0 Å².